The molecule has 2 aromatic rings. The molecule has 0 radical (unpaired) electrons. The van der Waals surface area contributed by atoms with Crippen molar-refractivity contribution in [3.05, 3.63) is 59.7 Å². The number of ether oxygens (including phenoxy) is 2. The summed E-state index contributed by atoms with van der Waals surface area (Å²) >= 11 is 0. The van der Waals surface area contributed by atoms with Gasteiger partial charge in [0.25, 0.3) is 5.91 Å². The van der Waals surface area contributed by atoms with Gasteiger partial charge in [-0.25, -0.2) is 18.6 Å². The molecule has 11 heteroatoms. The summed E-state index contributed by atoms with van der Waals surface area (Å²) in [5, 5.41) is 5.08. The summed E-state index contributed by atoms with van der Waals surface area (Å²) in [6, 6.07) is 4.22. The second-order valence-corrected chi connectivity index (χ2v) is 8.62. The van der Waals surface area contributed by atoms with E-state index in [1.807, 2.05) is 0 Å². The summed E-state index contributed by atoms with van der Waals surface area (Å²) in [6.45, 7) is 4.75. The van der Waals surface area contributed by atoms with Gasteiger partial charge in [0.1, 0.15) is 12.2 Å². The second kappa shape index (κ2) is 12.7. The molecule has 2 rings (SSSR count). The number of aromatic nitrogens is 1. The highest BCUT2D eigenvalue weighted by atomic mass is 19.1. The van der Waals surface area contributed by atoms with Crippen LogP contribution < -0.4 is 15.4 Å². The number of rotatable bonds is 11. The number of benzene rings is 1. The van der Waals surface area contributed by atoms with E-state index in [1.54, 1.807) is 20.8 Å². The first-order valence-electron chi connectivity index (χ1n) is 10.9. The Balaban J connectivity index is 1.98. The van der Waals surface area contributed by atoms with Gasteiger partial charge in [-0.1, -0.05) is 6.07 Å². The molecule has 0 spiro atoms. The summed E-state index contributed by atoms with van der Waals surface area (Å²) in [4.78, 5) is 40.3. The van der Waals surface area contributed by atoms with E-state index in [4.69, 9.17) is 9.47 Å². The summed E-state index contributed by atoms with van der Waals surface area (Å²) in [5.41, 5.74) is -0.696. The second-order valence-electron chi connectivity index (χ2n) is 8.62. The van der Waals surface area contributed by atoms with Crippen molar-refractivity contribution in [1.29, 1.82) is 0 Å². The van der Waals surface area contributed by atoms with Crippen LogP contribution in [-0.4, -0.2) is 47.6 Å². The smallest absolute Gasteiger partial charge is 0.407 e. The minimum Gasteiger partial charge on any atom is -0.480 e. The quantitative estimate of drug-likeness (QED) is 0.361. The standard InChI is InChI=1S/C24H28F3N3O5/c1-24(2,3)35-23(33)29-11-5-4-9-18(30-22(32)15-10-12-28-20(27)13-15)19(31)14-34-21-16(25)7-6-8-17(21)26/h6-8,10,12-13,18H,4-5,9,11,14H2,1-3H3,(H,29,33)(H,30,32)/t18-/m0/s1. The number of carbonyl (C=O) groups excluding carboxylic acids is 3. The first-order valence-corrected chi connectivity index (χ1v) is 10.9. The maximum absolute atomic E-state index is 13.8. The fourth-order valence-electron chi connectivity index (χ4n) is 2.94. The lowest BCUT2D eigenvalue weighted by atomic mass is 10.0. The number of unbranched alkanes of at least 4 members (excludes halogenated alkanes) is 1. The number of nitrogens with one attached hydrogen (secondary N) is 2. The zero-order valence-corrected chi connectivity index (χ0v) is 19.7. The minimum atomic E-state index is -1.09. The van der Waals surface area contributed by atoms with E-state index in [2.05, 4.69) is 15.6 Å². The Morgan fingerprint density at radius 3 is 2.37 bits per heavy atom. The third kappa shape index (κ3) is 9.63. The molecule has 0 aliphatic rings. The van der Waals surface area contributed by atoms with Crippen molar-refractivity contribution in [3.63, 3.8) is 0 Å². The van der Waals surface area contributed by atoms with Crippen LogP contribution in [0.4, 0.5) is 18.0 Å². The van der Waals surface area contributed by atoms with Gasteiger partial charge in [-0.3, -0.25) is 9.59 Å². The molecule has 0 aliphatic carbocycles. The number of pyridine rings is 1. The van der Waals surface area contributed by atoms with Crippen molar-refractivity contribution in [1.82, 2.24) is 15.6 Å². The van der Waals surface area contributed by atoms with Gasteiger partial charge in [-0.05, 0) is 58.2 Å². The van der Waals surface area contributed by atoms with Crippen molar-refractivity contribution in [3.8, 4) is 5.75 Å². The fourth-order valence-corrected chi connectivity index (χ4v) is 2.94. The molecule has 0 saturated heterocycles. The molecule has 0 bridgehead atoms. The third-order valence-electron chi connectivity index (χ3n) is 4.55. The zero-order chi connectivity index (χ0) is 26.0. The van der Waals surface area contributed by atoms with E-state index in [0.29, 0.717) is 12.8 Å². The molecule has 0 fully saturated rings. The van der Waals surface area contributed by atoms with Crippen LogP contribution >= 0.6 is 0 Å². The van der Waals surface area contributed by atoms with E-state index in [0.717, 1.165) is 30.5 Å². The molecule has 2 amide bonds. The predicted octanol–water partition coefficient (Wildman–Crippen LogP) is 3.94. The maximum Gasteiger partial charge on any atom is 0.407 e. The number of halogens is 3. The van der Waals surface area contributed by atoms with Crippen LogP contribution in [0.3, 0.4) is 0 Å². The van der Waals surface area contributed by atoms with Gasteiger partial charge >= 0.3 is 6.09 Å². The molecular formula is C24H28F3N3O5. The number of amides is 2. The monoisotopic (exact) mass is 495 g/mol. The van der Waals surface area contributed by atoms with E-state index in [1.165, 1.54) is 6.07 Å². The van der Waals surface area contributed by atoms with Crippen LogP contribution in [0.5, 0.6) is 5.75 Å². The molecule has 1 aromatic heterocycles. The Kier molecular flexibility index (Phi) is 10.0. The van der Waals surface area contributed by atoms with E-state index >= 15 is 0 Å². The Labute approximate surface area is 201 Å². The summed E-state index contributed by atoms with van der Waals surface area (Å²) in [5.74, 6) is -4.89. The lowest BCUT2D eigenvalue weighted by Gasteiger charge is -2.20. The molecule has 190 valence electrons. The number of hydrogen-bond acceptors (Lipinski definition) is 6. The van der Waals surface area contributed by atoms with Gasteiger partial charge in [0.15, 0.2) is 23.2 Å². The molecule has 0 aliphatic heterocycles. The summed E-state index contributed by atoms with van der Waals surface area (Å²) in [7, 11) is 0. The van der Waals surface area contributed by atoms with Gasteiger partial charge < -0.3 is 20.1 Å². The zero-order valence-electron chi connectivity index (χ0n) is 19.7. The van der Waals surface area contributed by atoms with Crippen LogP contribution in [0, 0.1) is 17.6 Å². The van der Waals surface area contributed by atoms with Gasteiger partial charge in [-0.2, -0.15) is 4.39 Å². The summed E-state index contributed by atoms with van der Waals surface area (Å²) < 4.78 is 51.1. The van der Waals surface area contributed by atoms with Crippen molar-refractivity contribution < 1.29 is 37.0 Å². The molecule has 1 atom stereocenters. The first-order chi connectivity index (χ1) is 16.5. The van der Waals surface area contributed by atoms with Crippen molar-refractivity contribution in [2.75, 3.05) is 13.2 Å². The number of ketones is 1. The molecular weight excluding hydrogens is 467 g/mol. The number of nitrogens with zero attached hydrogens (tertiary/aromatic N) is 1. The van der Waals surface area contributed by atoms with Gasteiger partial charge in [0.05, 0.1) is 6.04 Å². The van der Waals surface area contributed by atoms with Crippen molar-refractivity contribution in [2.45, 2.75) is 51.7 Å². The molecule has 0 unspecified atom stereocenters. The first kappa shape index (κ1) is 27.6. The number of Topliss-reactive ketones (excluding diaryl/α,β-unsaturated/α-hetero) is 1. The van der Waals surface area contributed by atoms with Crippen LogP contribution in [-0.2, 0) is 9.53 Å². The molecule has 8 nitrogen and oxygen atoms in total. The van der Waals surface area contributed by atoms with Gasteiger partial charge in [0.2, 0.25) is 5.95 Å². The minimum absolute atomic E-state index is 0.0528. The fraction of sp³-hybridized carbons (Fsp3) is 0.417. The maximum atomic E-state index is 13.8. The topological polar surface area (TPSA) is 107 Å². The SMILES string of the molecule is CC(C)(C)OC(=O)NCCCC[C@H](NC(=O)c1ccnc(F)c1)C(=O)COc1c(F)cccc1F. The Bertz CT molecular complexity index is 1020. The Hall–Kier alpha value is -3.63. The van der Waals surface area contributed by atoms with Gasteiger partial charge in [-0.15, -0.1) is 0 Å². The highest BCUT2D eigenvalue weighted by Gasteiger charge is 2.23. The lowest BCUT2D eigenvalue weighted by molar-refractivity contribution is -0.123. The van der Waals surface area contributed by atoms with Gasteiger partial charge in [0, 0.05) is 24.4 Å². The molecule has 1 heterocycles. The van der Waals surface area contributed by atoms with Crippen LogP contribution in [0.1, 0.15) is 50.4 Å². The molecule has 1 aromatic carbocycles. The predicted molar refractivity (Wildman–Crippen MR) is 120 cm³/mol. The molecule has 35 heavy (non-hydrogen) atoms. The van der Waals surface area contributed by atoms with Crippen molar-refractivity contribution >= 4 is 17.8 Å². The lowest BCUT2D eigenvalue weighted by Crippen LogP contribution is -2.43. The average molecular weight is 495 g/mol. The highest BCUT2D eigenvalue weighted by molar-refractivity contribution is 5.98. The Morgan fingerprint density at radius 2 is 1.74 bits per heavy atom. The van der Waals surface area contributed by atoms with Crippen molar-refractivity contribution in [2.24, 2.45) is 0 Å². The number of para-hydroxylation sites is 1. The number of hydrogen-bond donors (Lipinski definition) is 2. The number of alkyl carbamates (subject to hydrolysis) is 1. The highest BCUT2D eigenvalue weighted by Crippen LogP contribution is 2.21. The van der Waals surface area contributed by atoms with Crippen LogP contribution in [0.15, 0.2) is 36.5 Å². The normalized spacial score (nSPS) is 11.9. The molecule has 0 saturated carbocycles. The van der Waals surface area contributed by atoms with Crippen LogP contribution in [0.2, 0.25) is 0 Å². The summed E-state index contributed by atoms with van der Waals surface area (Å²) in [6.07, 6.45) is 1.50. The third-order valence-corrected chi connectivity index (χ3v) is 4.55. The van der Waals surface area contributed by atoms with E-state index in [-0.39, 0.29) is 18.5 Å². The van der Waals surface area contributed by atoms with Crippen LogP contribution in [0.25, 0.3) is 0 Å². The van der Waals surface area contributed by atoms with E-state index in [9.17, 15) is 27.6 Å². The van der Waals surface area contributed by atoms with E-state index < -0.39 is 59.4 Å². The largest absolute Gasteiger partial charge is 0.480 e. The number of carbonyl (C=O) groups is 3. The Morgan fingerprint density at radius 1 is 1.06 bits per heavy atom. The average Bonchev–Trinajstić information content (AvgIpc) is 2.76. The molecule has 2 N–H and O–H groups in total.